The van der Waals surface area contributed by atoms with Crippen LogP contribution in [-0.4, -0.2) is 41.2 Å². The molecule has 7 nitrogen and oxygen atoms in total. The van der Waals surface area contributed by atoms with Gasteiger partial charge >= 0.3 is 5.97 Å². The van der Waals surface area contributed by atoms with Crippen molar-refractivity contribution in [2.75, 3.05) is 13.2 Å². The number of carboxylic acids is 1. The number of benzene rings is 2. The van der Waals surface area contributed by atoms with Crippen molar-refractivity contribution < 1.29 is 24.2 Å². The lowest BCUT2D eigenvalue weighted by atomic mass is 10.1. The van der Waals surface area contributed by atoms with E-state index in [0.29, 0.717) is 18.1 Å². The summed E-state index contributed by atoms with van der Waals surface area (Å²) in [6, 6.07) is 13.4. The van der Waals surface area contributed by atoms with Crippen molar-refractivity contribution in [3.05, 3.63) is 60.3 Å². The van der Waals surface area contributed by atoms with Gasteiger partial charge in [-0.15, -0.1) is 0 Å². The Morgan fingerprint density at radius 3 is 2.43 bits per heavy atom. The van der Waals surface area contributed by atoms with Crippen LogP contribution in [0, 0.1) is 0 Å². The van der Waals surface area contributed by atoms with E-state index in [1.165, 1.54) is 0 Å². The highest BCUT2D eigenvalue weighted by Crippen LogP contribution is 2.19. The van der Waals surface area contributed by atoms with Crippen LogP contribution in [0.5, 0.6) is 11.5 Å². The van der Waals surface area contributed by atoms with Gasteiger partial charge in [-0.05, 0) is 42.8 Å². The molecule has 28 heavy (non-hydrogen) atoms. The normalized spacial score (nSPS) is 11.8. The Morgan fingerprint density at radius 1 is 1.07 bits per heavy atom. The second-order valence-corrected chi connectivity index (χ2v) is 6.22. The number of fused-ring (bicyclic) bond motifs is 1. The van der Waals surface area contributed by atoms with E-state index >= 15 is 0 Å². The van der Waals surface area contributed by atoms with Crippen LogP contribution in [0.1, 0.15) is 12.5 Å². The van der Waals surface area contributed by atoms with Crippen LogP contribution in [-0.2, 0) is 16.0 Å². The molecule has 0 aliphatic carbocycles. The van der Waals surface area contributed by atoms with Gasteiger partial charge < -0.3 is 24.9 Å². The van der Waals surface area contributed by atoms with Gasteiger partial charge in [-0.1, -0.05) is 18.2 Å². The number of hydrogen-bond donors (Lipinski definition) is 3. The predicted molar refractivity (Wildman–Crippen MR) is 105 cm³/mol. The summed E-state index contributed by atoms with van der Waals surface area (Å²) in [4.78, 5) is 26.9. The van der Waals surface area contributed by atoms with Gasteiger partial charge in [-0.25, -0.2) is 4.79 Å². The van der Waals surface area contributed by atoms with Crippen LogP contribution in [0.25, 0.3) is 10.9 Å². The molecule has 3 aromatic rings. The number of ether oxygens (including phenoxy) is 2. The number of para-hydroxylation sites is 1. The van der Waals surface area contributed by atoms with Gasteiger partial charge in [-0.2, -0.15) is 0 Å². The van der Waals surface area contributed by atoms with Crippen molar-refractivity contribution in [2.45, 2.75) is 19.4 Å². The van der Waals surface area contributed by atoms with E-state index in [9.17, 15) is 14.7 Å². The first-order valence-electron chi connectivity index (χ1n) is 8.99. The summed E-state index contributed by atoms with van der Waals surface area (Å²) in [7, 11) is 0. The van der Waals surface area contributed by atoms with Crippen LogP contribution < -0.4 is 14.8 Å². The second kappa shape index (κ2) is 8.94. The number of amides is 1. The van der Waals surface area contributed by atoms with E-state index in [-0.39, 0.29) is 13.0 Å². The molecule has 2 aromatic carbocycles. The average Bonchev–Trinajstić information content (AvgIpc) is 3.10. The molecule has 0 aliphatic rings. The molecule has 1 heterocycles. The molecule has 0 fully saturated rings. The predicted octanol–water partition coefficient (Wildman–Crippen LogP) is 2.76. The molecule has 1 aromatic heterocycles. The molecule has 7 heteroatoms. The monoisotopic (exact) mass is 382 g/mol. The summed E-state index contributed by atoms with van der Waals surface area (Å²) in [5.74, 6) is -0.382. The Balaban J connectivity index is 1.57. The summed E-state index contributed by atoms with van der Waals surface area (Å²) in [6.45, 7) is 2.19. The van der Waals surface area contributed by atoms with E-state index < -0.39 is 17.9 Å². The Morgan fingerprint density at radius 2 is 1.75 bits per heavy atom. The molecular weight excluding hydrogens is 360 g/mol. The maximum Gasteiger partial charge on any atom is 0.326 e. The minimum Gasteiger partial charge on any atom is -0.494 e. The molecule has 0 radical (unpaired) electrons. The lowest BCUT2D eigenvalue weighted by Crippen LogP contribution is -2.44. The van der Waals surface area contributed by atoms with E-state index in [2.05, 4.69) is 10.3 Å². The molecule has 1 amide bonds. The van der Waals surface area contributed by atoms with Gasteiger partial charge in [0.2, 0.25) is 0 Å². The van der Waals surface area contributed by atoms with E-state index in [1.54, 1.807) is 30.5 Å². The number of carbonyl (C=O) groups excluding carboxylic acids is 1. The molecule has 0 bridgehead atoms. The third-order valence-corrected chi connectivity index (χ3v) is 4.24. The fraction of sp³-hybridized carbons (Fsp3) is 0.238. The van der Waals surface area contributed by atoms with E-state index in [4.69, 9.17) is 9.47 Å². The van der Waals surface area contributed by atoms with Crippen molar-refractivity contribution in [3.8, 4) is 11.5 Å². The SMILES string of the molecule is CCOc1ccc(OCC(=O)NC(Cc2c[nH]c3ccccc23)C(=O)O)cc1. The summed E-state index contributed by atoms with van der Waals surface area (Å²) in [5.41, 5.74) is 1.75. The third-order valence-electron chi connectivity index (χ3n) is 4.24. The van der Waals surface area contributed by atoms with Crippen LogP contribution in [0.15, 0.2) is 54.7 Å². The zero-order chi connectivity index (χ0) is 19.9. The van der Waals surface area contributed by atoms with Crippen molar-refractivity contribution in [1.82, 2.24) is 10.3 Å². The van der Waals surface area contributed by atoms with Crippen LogP contribution in [0.3, 0.4) is 0 Å². The Bertz CT molecular complexity index is 949. The van der Waals surface area contributed by atoms with Crippen LogP contribution in [0.2, 0.25) is 0 Å². The van der Waals surface area contributed by atoms with E-state index in [0.717, 1.165) is 16.5 Å². The molecule has 3 N–H and O–H groups in total. The number of carboxylic acid groups (broad SMARTS) is 1. The lowest BCUT2D eigenvalue weighted by molar-refractivity contribution is -0.142. The number of carbonyl (C=O) groups is 2. The Hall–Kier alpha value is -3.48. The molecule has 0 aliphatic heterocycles. The molecule has 1 unspecified atom stereocenters. The lowest BCUT2D eigenvalue weighted by Gasteiger charge is -2.15. The van der Waals surface area contributed by atoms with Gasteiger partial charge in [0.1, 0.15) is 17.5 Å². The quantitative estimate of drug-likeness (QED) is 0.528. The second-order valence-electron chi connectivity index (χ2n) is 6.22. The smallest absolute Gasteiger partial charge is 0.326 e. The number of aromatic amines is 1. The first-order valence-corrected chi connectivity index (χ1v) is 8.99. The van der Waals surface area contributed by atoms with Crippen molar-refractivity contribution in [1.29, 1.82) is 0 Å². The number of hydrogen-bond acceptors (Lipinski definition) is 4. The zero-order valence-electron chi connectivity index (χ0n) is 15.5. The molecule has 146 valence electrons. The van der Waals surface area contributed by atoms with E-state index in [1.807, 2.05) is 31.2 Å². The first-order chi connectivity index (χ1) is 13.6. The van der Waals surface area contributed by atoms with Gasteiger partial charge in [0.05, 0.1) is 6.61 Å². The summed E-state index contributed by atoms with van der Waals surface area (Å²) in [5, 5.41) is 12.9. The maximum atomic E-state index is 12.2. The molecule has 0 saturated heterocycles. The molecule has 0 spiro atoms. The number of aliphatic carboxylic acids is 1. The number of H-pyrrole nitrogens is 1. The van der Waals surface area contributed by atoms with Crippen molar-refractivity contribution in [2.24, 2.45) is 0 Å². The van der Waals surface area contributed by atoms with Crippen molar-refractivity contribution >= 4 is 22.8 Å². The largest absolute Gasteiger partial charge is 0.494 e. The summed E-state index contributed by atoms with van der Waals surface area (Å²) >= 11 is 0. The fourth-order valence-corrected chi connectivity index (χ4v) is 2.90. The topological polar surface area (TPSA) is 101 Å². The molecular formula is C21H22N2O5. The van der Waals surface area contributed by atoms with Gasteiger partial charge in [0, 0.05) is 23.5 Å². The number of nitrogens with one attached hydrogen (secondary N) is 2. The van der Waals surface area contributed by atoms with Crippen LogP contribution in [0.4, 0.5) is 0 Å². The van der Waals surface area contributed by atoms with Crippen LogP contribution >= 0.6 is 0 Å². The highest BCUT2D eigenvalue weighted by molar-refractivity contribution is 5.87. The number of aromatic nitrogens is 1. The Kier molecular flexibility index (Phi) is 6.16. The highest BCUT2D eigenvalue weighted by atomic mass is 16.5. The standard InChI is InChI=1S/C21H22N2O5/c1-2-27-15-7-9-16(10-8-15)28-13-20(24)23-19(21(25)26)11-14-12-22-18-6-4-3-5-17(14)18/h3-10,12,19,22H,2,11,13H2,1H3,(H,23,24)(H,25,26). The molecule has 3 rings (SSSR count). The zero-order valence-corrected chi connectivity index (χ0v) is 15.5. The van der Waals surface area contributed by atoms with Gasteiger partial charge in [-0.3, -0.25) is 4.79 Å². The van der Waals surface area contributed by atoms with Gasteiger partial charge in [0.25, 0.3) is 5.91 Å². The molecule has 0 saturated carbocycles. The maximum absolute atomic E-state index is 12.2. The minimum absolute atomic E-state index is 0.175. The summed E-state index contributed by atoms with van der Waals surface area (Å²) in [6.07, 6.45) is 1.94. The summed E-state index contributed by atoms with van der Waals surface area (Å²) < 4.78 is 10.8. The highest BCUT2D eigenvalue weighted by Gasteiger charge is 2.22. The minimum atomic E-state index is -1.10. The Labute approximate surface area is 162 Å². The van der Waals surface area contributed by atoms with Crippen molar-refractivity contribution in [3.63, 3.8) is 0 Å². The molecule has 1 atom stereocenters. The first kappa shape index (κ1) is 19.3. The third kappa shape index (κ3) is 4.82. The fourth-order valence-electron chi connectivity index (χ4n) is 2.90. The number of rotatable bonds is 9. The van der Waals surface area contributed by atoms with Gasteiger partial charge in [0.15, 0.2) is 6.61 Å². The average molecular weight is 382 g/mol.